The third-order valence-electron chi connectivity index (χ3n) is 4.41. The van der Waals surface area contributed by atoms with Gasteiger partial charge in [0.15, 0.2) is 0 Å². The lowest BCUT2D eigenvalue weighted by Gasteiger charge is -2.31. The molecule has 5 heteroatoms. The highest BCUT2D eigenvalue weighted by atomic mass is 79.9. The van der Waals surface area contributed by atoms with Crippen LogP contribution in [0, 0.1) is 5.41 Å². The predicted molar refractivity (Wildman–Crippen MR) is 92.5 cm³/mol. The molecule has 1 aliphatic carbocycles. The van der Waals surface area contributed by atoms with Crippen LogP contribution in [-0.4, -0.2) is 25.3 Å². The summed E-state index contributed by atoms with van der Waals surface area (Å²) in [6.07, 6.45) is 5.40. The maximum Gasteiger partial charge on any atom is 0.317 e. The second kappa shape index (κ2) is 7.21. The highest BCUT2D eigenvalue weighted by Crippen LogP contribution is 2.40. The zero-order chi connectivity index (χ0) is 17.0. The molecule has 1 N–H and O–H groups in total. The molecule has 124 valence electrons. The second-order valence-corrected chi connectivity index (χ2v) is 6.49. The van der Waals surface area contributed by atoms with E-state index in [0.29, 0.717) is 25.0 Å². The number of carbonyl (C=O) groups is 1. The van der Waals surface area contributed by atoms with E-state index >= 15 is 0 Å². The van der Waals surface area contributed by atoms with Gasteiger partial charge in [0.05, 0.1) is 20.0 Å². The Morgan fingerprint density at radius 1 is 1.35 bits per heavy atom. The van der Waals surface area contributed by atoms with E-state index in [9.17, 15) is 9.90 Å². The normalized spacial score (nSPS) is 20.5. The number of halogens is 1. The van der Waals surface area contributed by atoms with Gasteiger partial charge in [0, 0.05) is 10.9 Å². The Morgan fingerprint density at radius 2 is 2.09 bits per heavy atom. The molecule has 0 spiro atoms. The van der Waals surface area contributed by atoms with Gasteiger partial charge in [-0.3, -0.25) is 4.79 Å². The number of aliphatic carboxylic acids is 1. The van der Waals surface area contributed by atoms with Crippen LogP contribution >= 0.6 is 15.9 Å². The van der Waals surface area contributed by atoms with Crippen molar-refractivity contribution in [2.24, 2.45) is 5.41 Å². The first-order valence-corrected chi connectivity index (χ1v) is 8.21. The van der Waals surface area contributed by atoms with Crippen molar-refractivity contribution in [3.63, 3.8) is 0 Å². The summed E-state index contributed by atoms with van der Waals surface area (Å²) in [5.41, 5.74) is 0.854. The first-order valence-electron chi connectivity index (χ1n) is 7.41. The summed E-state index contributed by atoms with van der Waals surface area (Å²) in [6, 6.07) is 5.72. The van der Waals surface area contributed by atoms with Crippen LogP contribution in [0.4, 0.5) is 0 Å². The Morgan fingerprint density at radius 3 is 2.70 bits per heavy atom. The SMILES string of the molecule is COC1=CC(CCc2cc(OC)ccc2Br)(C(=O)O)C(C)=CC1. The Balaban J connectivity index is 2.31. The summed E-state index contributed by atoms with van der Waals surface area (Å²) in [6.45, 7) is 1.87. The molecule has 23 heavy (non-hydrogen) atoms. The van der Waals surface area contributed by atoms with Crippen LogP contribution in [0.15, 0.2) is 46.2 Å². The average molecular weight is 381 g/mol. The standard InChI is InChI=1S/C18H21BrO4/c1-12-4-5-15(23-3)11-18(12,17(20)21)9-8-13-10-14(22-2)6-7-16(13)19/h4,6-7,10-11H,5,8-9H2,1-3H3,(H,20,21). The van der Waals surface area contributed by atoms with Gasteiger partial charge >= 0.3 is 5.97 Å². The van der Waals surface area contributed by atoms with Gasteiger partial charge in [-0.05, 0) is 49.6 Å². The molecule has 2 rings (SSSR count). The maximum absolute atomic E-state index is 12.0. The Kier molecular flexibility index (Phi) is 5.52. The van der Waals surface area contributed by atoms with Crippen molar-refractivity contribution in [1.29, 1.82) is 0 Å². The van der Waals surface area contributed by atoms with Gasteiger partial charge in [0.2, 0.25) is 0 Å². The minimum atomic E-state index is -1.02. The van der Waals surface area contributed by atoms with Crippen LogP contribution in [0.1, 0.15) is 25.3 Å². The fraction of sp³-hybridized carbons (Fsp3) is 0.389. The van der Waals surface area contributed by atoms with E-state index < -0.39 is 11.4 Å². The molecule has 0 saturated heterocycles. The molecule has 0 amide bonds. The molecule has 0 heterocycles. The first kappa shape index (κ1) is 17.6. The molecule has 0 aromatic heterocycles. The van der Waals surface area contributed by atoms with Gasteiger partial charge in [0.25, 0.3) is 0 Å². The summed E-state index contributed by atoms with van der Waals surface area (Å²) in [7, 11) is 3.19. The zero-order valence-electron chi connectivity index (χ0n) is 13.6. The quantitative estimate of drug-likeness (QED) is 0.745. The fourth-order valence-corrected chi connectivity index (χ4v) is 3.28. The van der Waals surface area contributed by atoms with E-state index in [1.165, 1.54) is 0 Å². The van der Waals surface area contributed by atoms with Crippen molar-refractivity contribution in [2.75, 3.05) is 14.2 Å². The van der Waals surface area contributed by atoms with Crippen molar-refractivity contribution in [3.8, 4) is 5.75 Å². The van der Waals surface area contributed by atoms with Crippen molar-refractivity contribution < 1.29 is 19.4 Å². The smallest absolute Gasteiger partial charge is 0.317 e. The van der Waals surface area contributed by atoms with E-state index in [0.717, 1.165) is 21.4 Å². The Labute approximate surface area is 144 Å². The third-order valence-corrected chi connectivity index (χ3v) is 5.18. The highest BCUT2D eigenvalue weighted by molar-refractivity contribution is 9.10. The topological polar surface area (TPSA) is 55.8 Å². The van der Waals surface area contributed by atoms with Crippen LogP contribution in [0.5, 0.6) is 5.75 Å². The molecular weight excluding hydrogens is 360 g/mol. The zero-order valence-corrected chi connectivity index (χ0v) is 15.1. The average Bonchev–Trinajstić information content (AvgIpc) is 2.55. The maximum atomic E-state index is 12.0. The molecule has 0 aliphatic heterocycles. The van der Waals surface area contributed by atoms with Gasteiger partial charge < -0.3 is 14.6 Å². The van der Waals surface area contributed by atoms with Crippen molar-refractivity contribution in [3.05, 3.63) is 51.7 Å². The van der Waals surface area contributed by atoms with Crippen molar-refractivity contribution in [2.45, 2.75) is 26.2 Å². The number of benzene rings is 1. The highest BCUT2D eigenvalue weighted by Gasteiger charge is 2.40. The predicted octanol–water partition coefficient (Wildman–Crippen LogP) is 4.34. The molecule has 1 aromatic rings. The van der Waals surface area contributed by atoms with E-state index in [4.69, 9.17) is 9.47 Å². The molecular formula is C18H21BrO4. The largest absolute Gasteiger partial charge is 0.501 e. The molecule has 4 nitrogen and oxygen atoms in total. The van der Waals surface area contributed by atoms with Gasteiger partial charge in [-0.15, -0.1) is 0 Å². The molecule has 0 saturated carbocycles. The van der Waals surface area contributed by atoms with Crippen molar-refractivity contribution in [1.82, 2.24) is 0 Å². The molecule has 1 aliphatic rings. The Bertz CT molecular complexity index is 663. The second-order valence-electron chi connectivity index (χ2n) is 5.64. The number of hydrogen-bond donors (Lipinski definition) is 1. The third kappa shape index (κ3) is 3.61. The Hall–Kier alpha value is -1.75. The lowest BCUT2D eigenvalue weighted by Crippen LogP contribution is -2.33. The van der Waals surface area contributed by atoms with Gasteiger partial charge in [0.1, 0.15) is 11.2 Å². The summed E-state index contributed by atoms with van der Waals surface area (Å²) in [4.78, 5) is 12.0. The lowest BCUT2D eigenvalue weighted by molar-refractivity contribution is -0.144. The number of methoxy groups -OCH3 is 2. The summed E-state index contributed by atoms with van der Waals surface area (Å²) < 4.78 is 11.5. The van der Waals surface area contributed by atoms with Crippen LogP contribution in [0.3, 0.4) is 0 Å². The van der Waals surface area contributed by atoms with E-state index in [-0.39, 0.29) is 0 Å². The number of rotatable bonds is 6. The van der Waals surface area contributed by atoms with E-state index in [1.54, 1.807) is 20.3 Å². The molecule has 1 atom stereocenters. The molecule has 0 radical (unpaired) electrons. The van der Waals surface area contributed by atoms with Gasteiger partial charge in [-0.25, -0.2) is 0 Å². The number of ether oxygens (including phenoxy) is 2. The monoisotopic (exact) mass is 380 g/mol. The van der Waals surface area contributed by atoms with Crippen molar-refractivity contribution >= 4 is 21.9 Å². The molecule has 0 fully saturated rings. The minimum Gasteiger partial charge on any atom is -0.501 e. The number of aryl methyl sites for hydroxylation is 1. The minimum absolute atomic E-state index is 0.462. The van der Waals surface area contributed by atoms with Gasteiger partial charge in [-0.1, -0.05) is 27.6 Å². The van der Waals surface area contributed by atoms with Gasteiger partial charge in [-0.2, -0.15) is 0 Å². The lowest BCUT2D eigenvalue weighted by atomic mass is 9.73. The fourth-order valence-electron chi connectivity index (χ4n) is 2.83. The molecule has 0 bridgehead atoms. The summed E-state index contributed by atoms with van der Waals surface area (Å²) in [5, 5.41) is 9.84. The van der Waals surface area contributed by atoms with E-state index in [2.05, 4.69) is 15.9 Å². The number of carboxylic acids is 1. The summed E-state index contributed by atoms with van der Waals surface area (Å²) in [5.74, 6) is 0.610. The van der Waals surface area contributed by atoms with Crippen LogP contribution in [0.2, 0.25) is 0 Å². The first-order chi connectivity index (χ1) is 10.9. The van der Waals surface area contributed by atoms with Crippen LogP contribution < -0.4 is 4.74 Å². The molecule has 1 aromatic carbocycles. The summed E-state index contributed by atoms with van der Waals surface area (Å²) >= 11 is 3.52. The van der Waals surface area contributed by atoms with E-state index in [1.807, 2.05) is 31.2 Å². The van der Waals surface area contributed by atoms with Crippen LogP contribution in [-0.2, 0) is 16.0 Å². The van der Waals surface area contributed by atoms with Crippen LogP contribution in [0.25, 0.3) is 0 Å². The molecule has 1 unspecified atom stereocenters. The number of hydrogen-bond acceptors (Lipinski definition) is 3. The number of carboxylic acid groups (broad SMARTS) is 1. The number of allylic oxidation sites excluding steroid dienone is 1.